The minimum absolute atomic E-state index is 0.0845. The van der Waals surface area contributed by atoms with Crippen molar-refractivity contribution >= 4 is 58.7 Å². The highest BCUT2D eigenvalue weighted by Gasteiger charge is 2.30. The molecular weight excluding hydrogens is 695 g/mol. The van der Waals surface area contributed by atoms with Crippen LogP contribution in [0.5, 0.6) is 5.88 Å². The molecule has 0 aliphatic carbocycles. The van der Waals surface area contributed by atoms with Gasteiger partial charge in [0, 0.05) is 16.3 Å². The fourth-order valence-electron chi connectivity index (χ4n) is 3.85. The van der Waals surface area contributed by atoms with Crippen molar-refractivity contribution < 1.29 is 24.2 Å². The van der Waals surface area contributed by atoms with Crippen LogP contribution in [-0.4, -0.2) is 46.3 Å². The van der Waals surface area contributed by atoms with Crippen molar-refractivity contribution in [2.75, 3.05) is 14.2 Å². The molecule has 0 aliphatic rings. The highest BCUT2D eigenvalue weighted by molar-refractivity contribution is 8.01. The van der Waals surface area contributed by atoms with Crippen molar-refractivity contribution in [3.63, 3.8) is 0 Å². The van der Waals surface area contributed by atoms with Crippen LogP contribution in [0.4, 0.5) is 0 Å². The lowest BCUT2D eigenvalue weighted by atomic mass is 10.2. The highest BCUT2D eigenvalue weighted by Crippen LogP contribution is 2.35. The maximum Gasteiger partial charge on any atom is 0.330 e. The zero-order valence-corrected chi connectivity index (χ0v) is 29.1. The van der Waals surface area contributed by atoms with E-state index in [0.29, 0.717) is 21.5 Å². The monoisotopic (exact) mass is 728 g/mol. The Labute approximate surface area is 296 Å². The molecule has 0 fully saturated rings. The number of ether oxygens (including phenoxy) is 2. The second-order valence-electron chi connectivity index (χ2n) is 9.54. The number of aromatic amines is 1. The summed E-state index contributed by atoms with van der Waals surface area (Å²) in [6.07, 6.45) is 0. The van der Waals surface area contributed by atoms with Crippen LogP contribution in [-0.2, 0) is 32.2 Å². The van der Waals surface area contributed by atoms with Crippen LogP contribution in [0.1, 0.15) is 11.1 Å². The summed E-state index contributed by atoms with van der Waals surface area (Å²) in [7, 11) is 2.43. The van der Waals surface area contributed by atoms with Crippen molar-refractivity contribution in [2.24, 2.45) is 5.84 Å². The molecule has 14 heteroatoms. The first-order chi connectivity index (χ1) is 23.2. The molecule has 0 spiro atoms. The largest absolute Gasteiger partial charge is 0.493 e. The van der Waals surface area contributed by atoms with Gasteiger partial charge in [-0.2, -0.15) is 0 Å². The zero-order valence-electron chi connectivity index (χ0n) is 26.0. The van der Waals surface area contributed by atoms with E-state index in [9.17, 15) is 19.5 Å². The summed E-state index contributed by atoms with van der Waals surface area (Å²) in [5.41, 5.74) is 4.44. The Bertz CT molecular complexity index is 1790. The average molecular weight is 730 g/mol. The van der Waals surface area contributed by atoms with E-state index in [2.05, 4.69) is 20.0 Å². The number of H-pyrrole nitrogens is 1. The van der Waals surface area contributed by atoms with Crippen LogP contribution in [0, 0.1) is 0 Å². The normalized spacial score (nSPS) is 10.3. The summed E-state index contributed by atoms with van der Waals surface area (Å²) >= 11 is 14.2. The van der Waals surface area contributed by atoms with E-state index in [1.54, 1.807) is 36.4 Å². The summed E-state index contributed by atoms with van der Waals surface area (Å²) < 4.78 is 10.5. The van der Waals surface area contributed by atoms with E-state index >= 15 is 0 Å². The molecule has 0 saturated heterocycles. The molecule has 0 radical (unpaired) electrons. The maximum absolute atomic E-state index is 12.1. The molecule has 48 heavy (non-hydrogen) atoms. The number of nitrogens with zero attached hydrogens (tertiary/aromatic N) is 1. The molecule has 0 saturated carbocycles. The Morgan fingerprint density at radius 3 is 1.79 bits per heavy atom. The lowest BCUT2D eigenvalue weighted by molar-refractivity contribution is -0.150. The first-order valence-electron chi connectivity index (χ1n) is 14.2. The van der Waals surface area contributed by atoms with Gasteiger partial charge in [0.25, 0.3) is 5.56 Å². The van der Waals surface area contributed by atoms with Crippen molar-refractivity contribution in [3.8, 4) is 5.88 Å². The molecule has 4 aromatic carbocycles. The van der Waals surface area contributed by atoms with E-state index in [1.807, 2.05) is 72.8 Å². The topological polar surface area (TPSA) is 149 Å². The predicted molar refractivity (Wildman–Crippen MR) is 190 cm³/mol. The number of methoxy groups -OCH3 is 2. The van der Waals surface area contributed by atoms with Gasteiger partial charge in [0.05, 0.1) is 30.8 Å². The number of rotatable bonds is 10. The van der Waals surface area contributed by atoms with Gasteiger partial charge in [0.2, 0.25) is 11.1 Å². The van der Waals surface area contributed by atoms with Gasteiger partial charge in [-0.1, -0.05) is 132 Å². The van der Waals surface area contributed by atoms with Crippen LogP contribution < -0.4 is 16.8 Å². The lowest BCUT2D eigenvalue weighted by Gasteiger charge is -2.12. The Balaban J connectivity index is 0.000000213. The summed E-state index contributed by atoms with van der Waals surface area (Å²) in [5, 5.41) is 12.9. The third-order valence-electron chi connectivity index (χ3n) is 6.19. The second-order valence-corrected chi connectivity index (χ2v) is 12.6. The van der Waals surface area contributed by atoms with E-state index < -0.39 is 17.2 Å². The number of hydrogen-bond acceptors (Lipinski definition) is 10. The number of hydrogen-bond donors (Lipinski definition) is 4. The Kier molecular flexibility index (Phi) is 16.2. The molecule has 0 bridgehead atoms. The number of nitrogens with two attached hydrogens (primary N) is 1. The average Bonchev–Trinajstić information content (AvgIpc) is 3.37. The third-order valence-corrected chi connectivity index (χ3v) is 9.46. The van der Waals surface area contributed by atoms with Gasteiger partial charge < -0.3 is 14.6 Å². The number of aromatic hydroxyl groups is 1. The first-order valence-corrected chi connectivity index (χ1v) is 16.7. The zero-order chi connectivity index (χ0) is 34.9. The quantitative estimate of drug-likeness (QED) is 0.0411. The van der Waals surface area contributed by atoms with Crippen LogP contribution >= 0.6 is 46.7 Å². The second kappa shape index (κ2) is 20.3. The maximum atomic E-state index is 12.1. The van der Waals surface area contributed by atoms with E-state index in [0.717, 1.165) is 40.5 Å². The standard InChI is InChI=1S/C16H13ClN2O2S.C11H11ClO4S.C7H10N2/c17-12-8-4-5-9-13(12)22-14-15(20)18-19(16(14)21)10-11-6-2-1-3-7-11;1-15-10(13)9(11(14)16-2)17-8-6-4-3-5-7(8)12;8-9-6-7-4-2-1-3-5-7/h1-9,21H,10H2,(H,18,20);3-6,9H,1-2H3;1-5,9H,6,8H2. The summed E-state index contributed by atoms with van der Waals surface area (Å²) in [5.74, 6) is 3.70. The predicted octanol–water partition coefficient (Wildman–Crippen LogP) is 6.53. The molecule has 5 rings (SSSR count). The van der Waals surface area contributed by atoms with Gasteiger partial charge in [-0.15, -0.1) is 0 Å². The van der Waals surface area contributed by atoms with Crippen molar-refractivity contribution in [1.82, 2.24) is 15.2 Å². The van der Waals surface area contributed by atoms with Crippen LogP contribution in [0.3, 0.4) is 0 Å². The molecule has 10 nitrogen and oxygen atoms in total. The van der Waals surface area contributed by atoms with Crippen molar-refractivity contribution in [2.45, 2.75) is 33.0 Å². The van der Waals surface area contributed by atoms with Gasteiger partial charge in [0.1, 0.15) is 4.90 Å². The summed E-state index contributed by atoms with van der Waals surface area (Å²) in [6.45, 7) is 1.13. The van der Waals surface area contributed by atoms with E-state index in [1.165, 1.54) is 24.5 Å². The highest BCUT2D eigenvalue weighted by atomic mass is 35.5. The van der Waals surface area contributed by atoms with Gasteiger partial charge in [-0.25, -0.2) is 4.68 Å². The van der Waals surface area contributed by atoms with Crippen LogP contribution in [0.25, 0.3) is 0 Å². The fraction of sp³-hybridized carbons (Fsp3) is 0.147. The molecule has 0 aliphatic heterocycles. The Hall–Kier alpha value is -4.17. The number of carbonyl (C=O) groups excluding carboxylic acids is 2. The Morgan fingerprint density at radius 2 is 1.29 bits per heavy atom. The number of nitrogens with one attached hydrogen (secondary N) is 2. The van der Waals surface area contributed by atoms with E-state index in [-0.39, 0.29) is 16.3 Å². The molecule has 0 atom stereocenters. The van der Waals surface area contributed by atoms with Gasteiger partial charge in [-0.05, 0) is 35.4 Å². The smallest absolute Gasteiger partial charge is 0.330 e. The number of halogens is 2. The fourth-order valence-corrected chi connectivity index (χ4v) is 6.22. The van der Waals surface area contributed by atoms with E-state index in [4.69, 9.17) is 29.0 Å². The van der Waals surface area contributed by atoms with Crippen LogP contribution in [0.2, 0.25) is 10.0 Å². The lowest BCUT2D eigenvalue weighted by Crippen LogP contribution is -2.29. The molecule has 0 unspecified atom stereocenters. The number of benzene rings is 4. The van der Waals surface area contributed by atoms with Gasteiger partial charge in [-0.3, -0.25) is 30.8 Å². The number of aromatic nitrogens is 2. The number of thioether (sulfide) groups is 1. The SMILES string of the molecule is COC(=O)C(Sc1ccccc1Cl)C(=O)OC.NNCc1ccccc1.O=c1[nH]n(Cc2ccccc2)c(O)c1Sc1ccccc1Cl. The molecule has 252 valence electrons. The van der Waals surface area contributed by atoms with Crippen LogP contribution in [0.15, 0.2) is 129 Å². The molecule has 0 amide bonds. The molecule has 1 heterocycles. The minimum Gasteiger partial charge on any atom is -0.493 e. The molecule has 5 aromatic rings. The first kappa shape index (κ1) is 38.3. The van der Waals surface area contributed by atoms with Crippen molar-refractivity contribution in [3.05, 3.63) is 141 Å². The number of hydrazine groups is 1. The van der Waals surface area contributed by atoms with Gasteiger partial charge in [0.15, 0.2) is 0 Å². The van der Waals surface area contributed by atoms with Gasteiger partial charge >= 0.3 is 11.9 Å². The number of esters is 2. The third kappa shape index (κ3) is 11.8. The summed E-state index contributed by atoms with van der Waals surface area (Å²) in [6, 6.07) is 33.7. The van der Waals surface area contributed by atoms with Crippen molar-refractivity contribution in [1.29, 1.82) is 0 Å². The molecule has 5 N–H and O–H groups in total. The molecule has 1 aromatic heterocycles. The molecular formula is C34H34Cl2N4O6S2. The number of carbonyl (C=O) groups is 2. The summed E-state index contributed by atoms with van der Waals surface area (Å²) in [4.78, 5) is 36.5. The Morgan fingerprint density at radius 1 is 0.812 bits per heavy atom. The minimum atomic E-state index is -1.06.